The third-order valence-electron chi connectivity index (χ3n) is 2.77. The summed E-state index contributed by atoms with van der Waals surface area (Å²) >= 11 is 3.92. The van der Waals surface area contributed by atoms with Gasteiger partial charge >= 0.3 is 0 Å². The van der Waals surface area contributed by atoms with E-state index in [-0.39, 0.29) is 0 Å². The van der Waals surface area contributed by atoms with Gasteiger partial charge in [0.25, 0.3) is 0 Å². The first kappa shape index (κ1) is 20.0. The zero-order valence-corrected chi connectivity index (χ0v) is 16.7. The molecule has 0 heterocycles. The lowest BCUT2D eigenvalue weighted by Crippen LogP contribution is -2.44. The number of hydrogen-bond donors (Lipinski definition) is 2. The summed E-state index contributed by atoms with van der Waals surface area (Å²) < 4.78 is 6.57. The van der Waals surface area contributed by atoms with Gasteiger partial charge in [0.05, 0.1) is 0 Å². The van der Waals surface area contributed by atoms with Gasteiger partial charge in [0, 0.05) is 24.6 Å². The molecule has 0 rings (SSSR count). The fraction of sp³-hybridized carbons (Fsp3) is 1.00. The van der Waals surface area contributed by atoms with Crippen molar-refractivity contribution < 1.29 is 4.12 Å². The highest BCUT2D eigenvalue weighted by molar-refractivity contribution is 7.99. The van der Waals surface area contributed by atoms with Gasteiger partial charge in [-0.2, -0.15) is 23.5 Å². The standard InChI is InChI=1S/C12H32N2OS2Si2/c1-18(2,11-9-16-7-5-13)15-19(3,4)12-10-17-8-6-14/h5-14H2,1-4H3. The van der Waals surface area contributed by atoms with E-state index in [1.807, 2.05) is 23.5 Å². The molecule has 0 aliphatic carbocycles. The average molecular weight is 341 g/mol. The van der Waals surface area contributed by atoms with Crippen molar-refractivity contribution in [2.75, 3.05) is 36.1 Å². The summed E-state index contributed by atoms with van der Waals surface area (Å²) in [6, 6.07) is 2.48. The van der Waals surface area contributed by atoms with Crippen LogP contribution < -0.4 is 11.5 Å². The Labute approximate surface area is 130 Å². The lowest BCUT2D eigenvalue weighted by atomic mass is 10.8. The van der Waals surface area contributed by atoms with Crippen LogP contribution in [0.25, 0.3) is 0 Å². The van der Waals surface area contributed by atoms with Crippen LogP contribution in [0.4, 0.5) is 0 Å². The van der Waals surface area contributed by atoms with Gasteiger partial charge < -0.3 is 15.6 Å². The van der Waals surface area contributed by atoms with E-state index in [2.05, 4.69) is 26.2 Å². The molecule has 0 aromatic carbocycles. The first-order valence-corrected chi connectivity index (χ1v) is 15.6. The molecule has 0 spiro atoms. The van der Waals surface area contributed by atoms with Gasteiger partial charge in [0.1, 0.15) is 0 Å². The van der Waals surface area contributed by atoms with E-state index in [1.165, 1.54) is 23.6 Å². The average Bonchev–Trinajstić information content (AvgIpc) is 2.29. The molecule has 0 amide bonds. The van der Waals surface area contributed by atoms with Gasteiger partial charge in [-0.3, -0.25) is 0 Å². The Morgan fingerprint density at radius 3 is 1.42 bits per heavy atom. The summed E-state index contributed by atoms with van der Waals surface area (Å²) in [4.78, 5) is 0. The lowest BCUT2D eigenvalue weighted by molar-refractivity contribution is 0.543. The summed E-state index contributed by atoms with van der Waals surface area (Å²) in [7, 11) is -2.98. The molecule has 0 saturated carbocycles. The highest BCUT2D eigenvalue weighted by Gasteiger charge is 2.32. The number of thioether (sulfide) groups is 2. The maximum atomic E-state index is 6.57. The number of hydrogen-bond acceptors (Lipinski definition) is 5. The Morgan fingerprint density at radius 2 is 1.11 bits per heavy atom. The van der Waals surface area contributed by atoms with Gasteiger partial charge in [0.2, 0.25) is 0 Å². The molecule has 0 aromatic rings. The predicted molar refractivity (Wildman–Crippen MR) is 98.4 cm³/mol. The molecule has 0 fully saturated rings. The molecule has 0 aliphatic heterocycles. The highest BCUT2D eigenvalue weighted by Crippen LogP contribution is 2.24. The largest absolute Gasteiger partial charge is 0.455 e. The van der Waals surface area contributed by atoms with E-state index >= 15 is 0 Å². The molecule has 0 aromatic heterocycles. The normalized spacial score (nSPS) is 12.9. The Hall–Kier alpha value is 1.01. The summed E-state index contributed by atoms with van der Waals surface area (Å²) in [5, 5.41) is 0. The first-order chi connectivity index (χ1) is 8.83. The molecular formula is C12H32N2OS2Si2. The zero-order valence-electron chi connectivity index (χ0n) is 13.0. The van der Waals surface area contributed by atoms with Crippen LogP contribution in [0.15, 0.2) is 0 Å². The highest BCUT2D eigenvalue weighted by atomic mass is 32.2. The smallest absolute Gasteiger partial charge is 0.174 e. The third kappa shape index (κ3) is 12.5. The maximum Gasteiger partial charge on any atom is 0.174 e. The monoisotopic (exact) mass is 340 g/mol. The first-order valence-electron chi connectivity index (χ1n) is 7.09. The summed E-state index contributed by atoms with van der Waals surface area (Å²) in [6.07, 6.45) is 0. The molecule has 0 bridgehead atoms. The molecule has 0 radical (unpaired) electrons. The fourth-order valence-electron chi connectivity index (χ4n) is 1.86. The van der Waals surface area contributed by atoms with Crippen LogP contribution >= 0.6 is 23.5 Å². The number of rotatable bonds is 12. The minimum absolute atomic E-state index is 0.784. The van der Waals surface area contributed by atoms with Crippen LogP contribution in [0.1, 0.15) is 0 Å². The van der Waals surface area contributed by atoms with Crippen molar-refractivity contribution in [3.8, 4) is 0 Å². The molecule has 0 aliphatic rings. The van der Waals surface area contributed by atoms with Gasteiger partial charge in [0.15, 0.2) is 16.6 Å². The van der Waals surface area contributed by atoms with Crippen molar-refractivity contribution in [2.24, 2.45) is 11.5 Å². The van der Waals surface area contributed by atoms with E-state index in [0.717, 1.165) is 24.6 Å². The van der Waals surface area contributed by atoms with Gasteiger partial charge in [-0.25, -0.2) is 0 Å². The van der Waals surface area contributed by atoms with Crippen molar-refractivity contribution in [1.29, 1.82) is 0 Å². The molecule has 116 valence electrons. The second-order valence-corrected chi connectivity index (χ2v) is 17.2. The third-order valence-corrected chi connectivity index (χ3v) is 12.9. The summed E-state index contributed by atoms with van der Waals surface area (Å²) in [5.74, 6) is 4.54. The van der Waals surface area contributed by atoms with Crippen LogP contribution in [-0.2, 0) is 4.12 Å². The van der Waals surface area contributed by atoms with Crippen LogP contribution in [0.2, 0.25) is 38.3 Å². The topological polar surface area (TPSA) is 61.3 Å². The van der Waals surface area contributed by atoms with Crippen LogP contribution in [-0.4, -0.2) is 52.7 Å². The van der Waals surface area contributed by atoms with Crippen LogP contribution in [0.3, 0.4) is 0 Å². The SMILES string of the molecule is C[Si](C)(CCSCCN)O[Si](C)(C)CCSCCN. The second kappa shape index (κ2) is 10.7. The number of nitrogens with two attached hydrogens (primary N) is 2. The molecule has 4 N–H and O–H groups in total. The van der Waals surface area contributed by atoms with Gasteiger partial charge in [-0.15, -0.1) is 0 Å². The van der Waals surface area contributed by atoms with Gasteiger partial charge in [-0.1, -0.05) is 0 Å². The van der Waals surface area contributed by atoms with E-state index < -0.39 is 16.6 Å². The molecule has 0 saturated heterocycles. The molecule has 3 nitrogen and oxygen atoms in total. The van der Waals surface area contributed by atoms with E-state index in [9.17, 15) is 0 Å². The Balaban J connectivity index is 3.93. The molecule has 0 unspecified atom stereocenters. The Kier molecular flexibility index (Phi) is 11.3. The fourth-order valence-corrected chi connectivity index (χ4v) is 14.5. The van der Waals surface area contributed by atoms with E-state index in [1.54, 1.807) is 0 Å². The van der Waals surface area contributed by atoms with Crippen molar-refractivity contribution in [1.82, 2.24) is 0 Å². The van der Waals surface area contributed by atoms with E-state index in [4.69, 9.17) is 15.6 Å². The zero-order chi connectivity index (χ0) is 14.8. The maximum absolute atomic E-state index is 6.57. The quantitative estimate of drug-likeness (QED) is 0.422. The van der Waals surface area contributed by atoms with Crippen molar-refractivity contribution >= 4 is 40.2 Å². The van der Waals surface area contributed by atoms with Crippen LogP contribution in [0.5, 0.6) is 0 Å². The van der Waals surface area contributed by atoms with Crippen molar-refractivity contribution in [2.45, 2.75) is 38.3 Å². The molecule has 19 heavy (non-hydrogen) atoms. The second-order valence-electron chi connectivity index (χ2n) is 5.92. The molecule has 7 heteroatoms. The van der Waals surface area contributed by atoms with Gasteiger partial charge in [-0.05, 0) is 49.8 Å². The van der Waals surface area contributed by atoms with E-state index in [0.29, 0.717) is 0 Å². The molecule has 0 atom stereocenters. The molecular weight excluding hydrogens is 308 g/mol. The summed E-state index contributed by atoms with van der Waals surface area (Å²) in [6.45, 7) is 11.0. The predicted octanol–water partition coefficient (Wildman–Crippen LogP) is 2.80. The minimum Gasteiger partial charge on any atom is -0.455 e. The lowest BCUT2D eigenvalue weighted by Gasteiger charge is -2.34. The summed E-state index contributed by atoms with van der Waals surface area (Å²) in [5.41, 5.74) is 11.0. The Bertz CT molecular complexity index is 210. The minimum atomic E-state index is -1.49. The van der Waals surface area contributed by atoms with Crippen LogP contribution in [0, 0.1) is 0 Å². The Morgan fingerprint density at radius 1 is 0.737 bits per heavy atom. The van der Waals surface area contributed by atoms with Crippen molar-refractivity contribution in [3.05, 3.63) is 0 Å². The van der Waals surface area contributed by atoms with Crippen molar-refractivity contribution in [3.63, 3.8) is 0 Å².